The van der Waals surface area contributed by atoms with Gasteiger partial charge >= 0.3 is 0 Å². The van der Waals surface area contributed by atoms with Crippen LogP contribution >= 0.6 is 0 Å². The summed E-state index contributed by atoms with van der Waals surface area (Å²) in [5.74, 6) is -1.30. The molecule has 0 amide bonds. The highest BCUT2D eigenvalue weighted by molar-refractivity contribution is 5.75. The van der Waals surface area contributed by atoms with Gasteiger partial charge in [0.25, 0.3) is 0 Å². The summed E-state index contributed by atoms with van der Waals surface area (Å²) in [7, 11) is 0. The first-order valence-corrected chi connectivity index (χ1v) is 5.72. The molecule has 3 N–H and O–H groups in total. The topological polar surface area (TPSA) is 54.7 Å². The maximum atomic E-state index is 13.4. The lowest BCUT2D eigenvalue weighted by Crippen LogP contribution is -2.11. The van der Waals surface area contributed by atoms with Crippen molar-refractivity contribution in [2.45, 2.75) is 32.2 Å². The van der Waals surface area contributed by atoms with E-state index in [1.807, 2.05) is 0 Å². The number of aromatic amines is 1. The predicted octanol–water partition coefficient (Wildman–Crippen LogP) is 3.03. The summed E-state index contributed by atoms with van der Waals surface area (Å²) in [6.07, 6.45) is 2.80. The first-order chi connectivity index (χ1) is 8.13. The van der Waals surface area contributed by atoms with E-state index >= 15 is 0 Å². The van der Waals surface area contributed by atoms with Crippen LogP contribution < -0.4 is 5.73 Å². The summed E-state index contributed by atoms with van der Waals surface area (Å²) >= 11 is 0. The molecule has 0 saturated carbocycles. The molecule has 0 fully saturated rings. The number of nitrogens with two attached hydrogens (primary N) is 1. The number of benzene rings is 1. The molecule has 0 radical (unpaired) electrons. The fourth-order valence-electron chi connectivity index (χ4n) is 1.77. The fraction of sp³-hybridized carbons (Fsp3) is 0.417. The van der Waals surface area contributed by atoms with Gasteiger partial charge in [-0.2, -0.15) is 0 Å². The number of halogens is 2. The number of imidazole rings is 1. The van der Waals surface area contributed by atoms with Crippen molar-refractivity contribution >= 4 is 11.0 Å². The van der Waals surface area contributed by atoms with Crippen LogP contribution in [0.25, 0.3) is 11.0 Å². The molecule has 5 heteroatoms. The van der Waals surface area contributed by atoms with Crippen LogP contribution in [-0.2, 0) is 0 Å². The molecular formula is C12H15F2N3. The van der Waals surface area contributed by atoms with Crippen molar-refractivity contribution in [2.24, 2.45) is 5.73 Å². The number of unbranched alkanes of at least 4 members (excludes halogenated alkanes) is 1. The summed E-state index contributed by atoms with van der Waals surface area (Å²) in [6.45, 7) is 2.07. The van der Waals surface area contributed by atoms with E-state index in [9.17, 15) is 8.78 Å². The molecule has 0 aliphatic rings. The normalized spacial score (nSPS) is 13.2. The maximum absolute atomic E-state index is 13.4. The minimum Gasteiger partial charge on any atom is -0.341 e. The van der Waals surface area contributed by atoms with Crippen LogP contribution in [0, 0.1) is 11.6 Å². The van der Waals surface area contributed by atoms with Gasteiger partial charge in [0.15, 0.2) is 11.6 Å². The van der Waals surface area contributed by atoms with Gasteiger partial charge < -0.3 is 10.7 Å². The molecular weight excluding hydrogens is 224 g/mol. The lowest BCUT2D eigenvalue weighted by atomic mass is 10.1. The standard InChI is InChI=1S/C12H15F2N3/c1-2-3-4-8(15)12-16-9-6-5-7(13)10(14)11(9)17-12/h5-6,8H,2-4,15H2,1H3,(H,16,17). The van der Waals surface area contributed by atoms with Crippen LogP contribution in [0.4, 0.5) is 8.78 Å². The second kappa shape index (κ2) is 4.79. The Bertz CT molecular complexity index is 522. The third-order valence-electron chi connectivity index (χ3n) is 2.78. The van der Waals surface area contributed by atoms with Gasteiger partial charge in [0.05, 0.1) is 11.6 Å². The largest absolute Gasteiger partial charge is 0.341 e. The molecule has 17 heavy (non-hydrogen) atoms. The lowest BCUT2D eigenvalue weighted by molar-refractivity contribution is 0.515. The number of hydrogen-bond acceptors (Lipinski definition) is 2. The Balaban J connectivity index is 2.34. The van der Waals surface area contributed by atoms with E-state index in [1.165, 1.54) is 6.07 Å². The van der Waals surface area contributed by atoms with Crippen molar-refractivity contribution < 1.29 is 8.78 Å². The third kappa shape index (κ3) is 2.29. The van der Waals surface area contributed by atoms with E-state index in [-0.39, 0.29) is 11.6 Å². The van der Waals surface area contributed by atoms with Crippen molar-refractivity contribution in [3.63, 3.8) is 0 Å². The fourth-order valence-corrected chi connectivity index (χ4v) is 1.77. The monoisotopic (exact) mass is 239 g/mol. The summed E-state index contributed by atoms with van der Waals surface area (Å²) in [5.41, 5.74) is 6.42. The molecule has 1 aromatic carbocycles. The second-order valence-corrected chi connectivity index (χ2v) is 4.13. The number of rotatable bonds is 4. The number of nitrogens with one attached hydrogen (secondary N) is 1. The SMILES string of the molecule is CCCCC(N)c1nc2c(F)c(F)ccc2[nH]1. The first-order valence-electron chi connectivity index (χ1n) is 5.72. The number of nitrogens with zero attached hydrogens (tertiary/aromatic N) is 1. The average Bonchev–Trinajstić information content (AvgIpc) is 2.75. The maximum Gasteiger partial charge on any atom is 0.186 e. The molecule has 0 spiro atoms. The first kappa shape index (κ1) is 12.0. The molecule has 1 atom stereocenters. The van der Waals surface area contributed by atoms with Gasteiger partial charge in [-0.15, -0.1) is 0 Å². The third-order valence-corrected chi connectivity index (χ3v) is 2.78. The van der Waals surface area contributed by atoms with E-state index < -0.39 is 11.6 Å². The number of hydrogen-bond donors (Lipinski definition) is 2. The van der Waals surface area contributed by atoms with Gasteiger partial charge in [-0.1, -0.05) is 19.8 Å². The lowest BCUT2D eigenvalue weighted by Gasteiger charge is -2.06. The highest BCUT2D eigenvalue weighted by Crippen LogP contribution is 2.21. The van der Waals surface area contributed by atoms with Gasteiger partial charge in [0.1, 0.15) is 11.3 Å². The molecule has 3 nitrogen and oxygen atoms in total. The summed E-state index contributed by atoms with van der Waals surface area (Å²) in [4.78, 5) is 6.96. The van der Waals surface area contributed by atoms with Gasteiger partial charge in [0, 0.05) is 0 Å². The predicted molar refractivity (Wildman–Crippen MR) is 62.5 cm³/mol. The van der Waals surface area contributed by atoms with Crippen molar-refractivity contribution in [3.8, 4) is 0 Å². The zero-order valence-corrected chi connectivity index (χ0v) is 9.63. The Hall–Kier alpha value is -1.49. The Morgan fingerprint density at radius 2 is 2.18 bits per heavy atom. The second-order valence-electron chi connectivity index (χ2n) is 4.13. The van der Waals surface area contributed by atoms with Crippen LogP contribution in [0.3, 0.4) is 0 Å². The molecule has 0 saturated heterocycles. The molecule has 1 unspecified atom stereocenters. The minimum absolute atomic E-state index is 0.0203. The highest BCUT2D eigenvalue weighted by atomic mass is 19.2. The number of H-pyrrole nitrogens is 1. The Kier molecular flexibility index (Phi) is 3.38. The molecule has 92 valence electrons. The summed E-state index contributed by atoms with van der Waals surface area (Å²) in [5, 5.41) is 0. The van der Waals surface area contributed by atoms with Crippen molar-refractivity contribution in [2.75, 3.05) is 0 Å². The molecule has 0 aliphatic carbocycles. The minimum atomic E-state index is -0.923. The molecule has 1 aromatic heterocycles. The van der Waals surface area contributed by atoms with Crippen molar-refractivity contribution in [1.82, 2.24) is 9.97 Å². The smallest absolute Gasteiger partial charge is 0.186 e. The molecule has 1 heterocycles. The Morgan fingerprint density at radius 3 is 2.88 bits per heavy atom. The average molecular weight is 239 g/mol. The Morgan fingerprint density at radius 1 is 1.41 bits per heavy atom. The van der Waals surface area contributed by atoms with Crippen LogP contribution in [-0.4, -0.2) is 9.97 Å². The van der Waals surface area contributed by atoms with Gasteiger partial charge in [-0.3, -0.25) is 0 Å². The van der Waals surface area contributed by atoms with E-state index in [1.54, 1.807) is 0 Å². The number of aromatic nitrogens is 2. The molecule has 0 aliphatic heterocycles. The van der Waals surface area contributed by atoms with Crippen molar-refractivity contribution in [3.05, 3.63) is 29.6 Å². The number of fused-ring (bicyclic) bond motifs is 1. The van der Waals surface area contributed by atoms with Gasteiger partial charge in [0.2, 0.25) is 0 Å². The quantitative estimate of drug-likeness (QED) is 0.861. The molecule has 2 rings (SSSR count). The van der Waals surface area contributed by atoms with E-state index in [4.69, 9.17) is 5.73 Å². The van der Waals surface area contributed by atoms with Crippen LogP contribution in [0.15, 0.2) is 12.1 Å². The summed E-state index contributed by atoms with van der Waals surface area (Å²) in [6, 6.07) is 2.29. The zero-order valence-electron chi connectivity index (χ0n) is 9.63. The van der Waals surface area contributed by atoms with Crippen molar-refractivity contribution in [1.29, 1.82) is 0 Å². The van der Waals surface area contributed by atoms with E-state index in [2.05, 4.69) is 16.9 Å². The van der Waals surface area contributed by atoms with Crippen LogP contribution in [0.1, 0.15) is 38.1 Å². The van der Waals surface area contributed by atoms with Gasteiger partial charge in [-0.05, 0) is 18.6 Å². The highest BCUT2D eigenvalue weighted by Gasteiger charge is 2.15. The zero-order chi connectivity index (χ0) is 12.4. The van der Waals surface area contributed by atoms with Gasteiger partial charge in [-0.25, -0.2) is 13.8 Å². The summed E-state index contributed by atoms with van der Waals surface area (Å²) < 4.78 is 26.4. The van der Waals surface area contributed by atoms with Crippen LogP contribution in [0.5, 0.6) is 0 Å². The Labute approximate surface area is 98.0 Å². The molecule has 2 aromatic rings. The molecule has 0 bridgehead atoms. The van der Waals surface area contributed by atoms with E-state index in [0.717, 1.165) is 25.3 Å². The van der Waals surface area contributed by atoms with Crippen LogP contribution in [0.2, 0.25) is 0 Å². The van der Waals surface area contributed by atoms with E-state index in [0.29, 0.717) is 11.3 Å².